The quantitative estimate of drug-likeness (QED) is 0.00489. The van der Waals surface area contributed by atoms with E-state index in [-0.39, 0.29) is 152 Å². The van der Waals surface area contributed by atoms with Gasteiger partial charge in [-0.1, -0.05) is 39.8 Å². The van der Waals surface area contributed by atoms with Crippen LogP contribution in [0.2, 0.25) is 0 Å². The number of benzene rings is 4. The number of ether oxygens (including phenoxy) is 2. The van der Waals surface area contributed by atoms with Crippen LogP contribution in [0.5, 0.6) is 17.2 Å². The van der Waals surface area contributed by atoms with E-state index in [1.165, 1.54) is 47.2 Å². The second-order valence-corrected chi connectivity index (χ2v) is 35.6. The number of rotatable bonds is 60. The second kappa shape index (κ2) is 56.7. The number of fused-ring (bicyclic) bond motifs is 6. The van der Waals surface area contributed by atoms with Gasteiger partial charge in [-0.3, -0.25) is 90.0 Å². The lowest BCUT2D eigenvalue weighted by molar-refractivity contribution is -0.141. The fourth-order valence-electron chi connectivity index (χ4n) is 14.4. The monoisotopic (exact) mass is 2000 g/mol. The minimum absolute atomic E-state index is 0.000723. The van der Waals surface area contributed by atoms with E-state index in [2.05, 4.69) is 103 Å². The number of nitrogens with one attached hydrogen (secondary N) is 23. The summed E-state index contributed by atoms with van der Waals surface area (Å²) in [5.74, 6) is -16.6. The molecule has 0 aromatic heterocycles. The standard InChI is InChI=1S/C85H129N33O18S3/c1-117(2)46-20-25-51-63(39-46)135-64-40-47(118(3)4)21-26-52(64)85(51)50-24-19-45(38-49(50)78(134)136-85)67(122)108-54(12-6-31-101-80(90)91)69(124)110-55(13-7-32-102-81(92)93)70(125)111-57(15-9-34-104-83(96)97)72(127)114-59(27-28-65(87)120)74(129)113-56(14-8-33-103-82(94)95)71(126)112-58(16-10-35-105-84(98)99)73(128)115-61(42-137)75(130)116-62(43-139-138-36-29-86)76(131)109-53(11-5-30-100-79(88)89)68(123)106-41-66(121)107-60(77(132)133)37-44-17-22-48(119)23-18-44/h17-26,38-40,53-62,119,137H,5-16,27-37,41-43,86H2,1-4H3,(H2,87,120)(H,106,123)(H,107,121)(H,108,122)(H,109,131)(H,110,124)(H,111,125)(H,112,126)(H,113,129)(H,114,127)(H,115,128)(H,116,130)(H,132,133)(H4,88,89,100)(H4,90,91,101)(H4,92,93,102)(H4,94,95,103)(H4,96,97,104)(H4,98,99,105)/t53-,54-,55-,56-,57-,58-,59-,60-,61-,62-/m0/s1. The number of phenolic OH excluding ortho intramolecular Hbond substituents is 1. The normalized spacial score (nSPS) is 13.9. The van der Waals surface area contributed by atoms with E-state index in [4.69, 9.17) is 87.8 Å². The molecule has 0 saturated carbocycles. The molecule has 4 aromatic rings. The van der Waals surface area contributed by atoms with E-state index in [0.717, 1.165) is 22.2 Å². The van der Waals surface area contributed by atoms with Gasteiger partial charge in [0.1, 0.15) is 77.7 Å². The zero-order valence-electron chi connectivity index (χ0n) is 77.4. The minimum atomic E-state index is -1.81. The molecule has 12 amide bonds. The molecule has 54 heteroatoms. The van der Waals surface area contributed by atoms with Crippen LogP contribution < -0.4 is 151 Å². The van der Waals surface area contributed by atoms with Crippen molar-refractivity contribution in [3.63, 3.8) is 0 Å². The van der Waals surface area contributed by atoms with Gasteiger partial charge in [-0.05, 0) is 138 Å². The zero-order chi connectivity index (χ0) is 103. The van der Waals surface area contributed by atoms with Gasteiger partial charge in [0.15, 0.2) is 41.4 Å². The van der Waals surface area contributed by atoms with Gasteiger partial charge in [0.2, 0.25) is 65.0 Å². The molecule has 41 N–H and O–H groups in total. The number of anilines is 2. The van der Waals surface area contributed by atoms with Crippen molar-refractivity contribution in [2.24, 2.45) is 45.9 Å². The lowest BCUT2D eigenvalue weighted by atomic mass is 9.77. The molecular formula is C85H129N33O18S3. The fraction of sp³-hybridized carbons (Fsp3) is 0.482. The van der Waals surface area contributed by atoms with E-state index < -0.39 is 210 Å². The Labute approximate surface area is 814 Å². The van der Waals surface area contributed by atoms with Crippen molar-refractivity contribution in [1.29, 1.82) is 32.5 Å². The molecule has 2 aliphatic heterocycles. The molecule has 4 aromatic carbocycles. The molecular weight excluding hydrogens is 1870 g/mol. The van der Waals surface area contributed by atoms with Crippen molar-refractivity contribution in [3.8, 4) is 17.2 Å². The van der Waals surface area contributed by atoms with Crippen LogP contribution in [0.4, 0.5) is 11.4 Å². The summed E-state index contributed by atoms with van der Waals surface area (Å²) in [6.07, 6.45) is -2.90. The van der Waals surface area contributed by atoms with Gasteiger partial charge in [0.25, 0.3) is 5.91 Å². The molecule has 0 saturated heterocycles. The zero-order valence-corrected chi connectivity index (χ0v) is 79.9. The number of thiol groups is 1. The first kappa shape index (κ1) is 113. The number of hydrogen-bond donors (Lipinski definition) is 34. The van der Waals surface area contributed by atoms with Gasteiger partial charge >= 0.3 is 11.9 Å². The summed E-state index contributed by atoms with van der Waals surface area (Å²) in [4.78, 5) is 204. The second-order valence-electron chi connectivity index (χ2n) is 32.6. The van der Waals surface area contributed by atoms with Crippen LogP contribution >= 0.6 is 34.2 Å². The number of amides is 12. The molecule has 0 unspecified atom stereocenters. The summed E-state index contributed by atoms with van der Waals surface area (Å²) in [6, 6.07) is 4.78. The first-order chi connectivity index (χ1) is 65.9. The number of aromatic hydroxyl groups is 1. The summed E-state index contributed by atoms with van der Waals surface area (Å²) < 4.78 is 13.0. The smallest absolute Gasteiger partial charge is 0.340 e. The summed E-state index contributed by atoms with van der Waals surface area (Å²) in [7, 11) is 9.74. The summed E-state index contributed by atoms with van der Waals surface area (Å²) in [6.45, 7) is -0.826. The van der Waals surface area contributed by atoms with Crippen LogP contribution in [-0.2, 0) is 74.3 Å². The van der Waals surface area contributed by atoms with Gasteiger partial charge in [-0.15, -0.1) is 0 Å². The molecule has 0 radical (unpaired) electrons. The van der Waals surface area contributed by atoms with Gasteiger partial charge in [0.05, 0.1) is 12.1 Å². The van der Waals surface area contributed by atoms with E-state index in [0.29, 0.717) is 39.5 Å². The molecule has 0 bridgehead atoms. The van der Waals surface area contributed by atoms with E-state index >= 15 is 9.59 Å². The van der Waals surface area contributed by atoms with Crippen LogP contribution in [-0.4, -0.2) is 287 Å². The number of nitrogens with zero attached hydrogens (tertiary/aromatic N) is 2. The number of primary amides is 1. The Bertz CT molecular complexity index is 5000. The van der Waals surface area contributed by atoms with Gasteiger partial charge in [0, 0.05) is 150 Å². The van der Waals surface area contributed by atoms with Crippen LogP contribution in [0.25, 0.3) is 0 Å². The number of aliphatic carboxylic acids is 1. The highest BCUT2D eigenvalue weighted by molar-refractivity contribution is 8.76. The van der Waals surface area contributed by atoms with Crippen LogP contribution in [0.3, 0.4) is 0 Å². The van der Waals surface area contributed by atoms with Crippen molar-refractivity contribution in [1.82, 2.24) is 90.4 Å². The maximum absolute atomic E-state index is 15.1. The Morgan fingerprint density at radius 1 is 0.424 bits per heavy atom. The van der Waals surface area contributed by atoms with Crippen molar-refractivity contribution in [2.75, 3.05) is 108 Å². The number of guanidine groups is 6. The molecule has 760 valence electrons. The number of carbonyl (C=O) groups is 14. The largest absolute Gasteiger partial charge is 0.508 e. The molecule has 0 fully saturated rings. The van der Waals surface area contributed by atoms with E-state index in [1.807, 2.05) is 62.3 Å². The van der Waals surface area contributed by atoms with E-state index in [9.17, 15) is 67.7 Å². The summed E-state index contributed by atoms with van der Waals surface area (Å²) >= 11 is 4.35. The average Bonchev–Trinajstić information content (AvgIpc) is 1.57. The minimum Gasteiger partial charge on any atom is -0.508 e. The Hall–Kier alpha value is -14.7. The lowest BCUT2D eigenvalue weighted by Crippen LogP contribution is -2.61. The van der Waals surface area contributed by atoms with E-state index in [1.54, 1.807) is 18.2 Å². The molecule has 139 heavy (non-hydrogen) atoms. The first-order valence-corrected chi connectivity index (χ1v) is 47.4. The third-order valence-corrected chi connectivity index (χ3v) is 24.3. The van der Waals surface area contributed by atoms with Crippen molar-refractivity contribution in [2.45, 2.75) is 162 Å². The van der Waals surface area contributed by atoms with Crippen LogP contribution in [0, 0.1) is 32.5 Å². The number of hydrogen-bond acceptors (Lipinski definition) is 29. The number of esters is 1. The average molecular weight is 2000 g/mol. The maximum atomic E-state index is 15.1. The number of nitrogens with two attached hydrogens (primary N) is 8. The molecule has 0 aliphatic carbocycles. The first-order valence-electron chi connectivity index (χ1n) is 44.3. The topological polar surface area (TPSA) is 860 Å². The SMILES string of the molecule is CN(C)c1ccc2c(c1)Oc1cc(N(C)C)ccc1C21OC(=O)c2cc(C(=O)N[C@@H](CCCNC(=N)N)C(=O)N[C@@H](CCCNC(=N)N)C(=O)N[C@@H](CCCNC(=N)N)C(=O)N[C@@H](CCC(N)=O)C(=O)N[C@@H](CCCNC(=N)N)C(=O)N[C@@H](CCCNC(=N)N)C(=O)N[C@@H](CS)C(=O)N[C@@H](CSSCCN)C(=O)N[C@@H](CCCNC(=N)N)C(=O)NCC(=O)N[C@@H](Cc3ccc(O)cc3)C(=O)O)ccc21. The van der Waals surface area contributed by atoms with Gasteiger partial charge in [-0.25, -0.2) is 9.59 Å². The van der Waals surface area contributed by atoms with Gasteiger partial charge in [-0.2, -0.15) is 12.6 Å². The van der Waals surface area contributed by atoms with Crippen molar-refractivity contribution >= 4 is 164 Å². The van der Waals surface area contributed by atoms with Crippen molar-refractivity contribution in [3.05, 3.63) is 112 Å². The fourth-order valence-corrected chi connectivity index (χ4v) is 16.6. The Morgan fingerprint density at radius 3 is 1.14 bits per heavy atom. The molecule has 51 nitrogen and oxygen atoms in total. The third-order valence-electron chi connectivity index (χ3n) is 21.5. The molecule has 1 spiro atoms. The van der Waals surface area contributed by atoms with Crippen molar-refractivity contribution < 1.29 is 86.8 Å². The molecule has 10 atom stereocenters. The third kappa shape index (κ3) is 37.0. The van der Waals surface area contributed by atoms with Crippen LogP contribution in [0.1, 0.15) is 133 Å². The Balaban J connectivity index is 1.27. The highest BCUT2D eigenvalue weighted by Gasteiger charge is 2.54. The maximum Gasteiger partial charge on any atom is 0.340 e. The predicted octanol–water partition coefficient (Wildman–Crippen LogP) is -5.89. The highest BCUT2D eigenvalue weighted by Crippen LogP contribution is 2.57. The highest BCUT2D eigenvalue weighted by atomic mass is 33.1. The Kier molecular flexibility index (Phi) is 46.1. The van der Waals surface area contributed by atoms with Gasteiger partial charge < -0.3 is 166 Å². The summed E-state index contributed by atoms with van der Waals surface area (Å²) in [5, 5.41) is 110. The number of carboxylic acids is 1. The number of carbonyl (C=O) groups excluding carboxylic acids is 13. The predicted molar refractivity (Wildman–Crippen MR) is 526 cm³/mol. The number of carboxylic acid groups (broad SMARTS) is 1. The number of phenols is 1. The Morgan fingerprint density at radius 2 is 0.777 bits per heavy atom. The summed E-state index contributed by atoms with van der Waals surface area (Å²) in [5.41, 5.74) is 46.6. The molecule has 2 heterocycles. The molecule has 2 aliphatic rings. The lowest BCUT2D eigenvalue weighted by Gasteiger charge is -2.37. The van der Waals surface area contributed by atoms with Crippen LogP contribution in [0.15, 0.2) is 78.9 Å². The molecule has 6 rings (SSSR count).